The highest BCUT2D eigenvalue weighted by Gasteiger charge is 2.27. The van der Waals surface area contributed by atoms with Crippen molar-refractivity contribution in [3.8, 4) is 5.75 Å². The molecule has 0 bridgehead atoms. The van der Waals surface area contributed by atoms with Crippen LogP contribution in [0.5, 0.6) is 5.75 Å². The lowest BCUT2D eigenvalue weighted by Crippen LogP contribution is -2.43. The molecule has 8 nitrogen and oxygen atoms in total. The number of benzene rings is 2. The molecule has 0 aromatic heterocycles. The number of hydrogen-bond donors (Lipinski definition) is 2. The monoisotopic (exact) mass is 445 g/mol. The fourth-order valence-corrected chi connectivity index (χ4v) is 4.71. The fourth-order valence-electron chi connectivity index (χ4n) is 3.19. The van der Waals surface area contributed by atoms with E-state index >= 15 is 0 Å². The minimum atomic E-state index is -3.53. The summed E-state index contributed by atoms with van der Waals surface area (Å²) in [5.74, 6) is -0.114. The zero-order valence-electron chi connectivity index (χ0n) is 17.6. The van der Waals surface area contributed by atoms with Gasteiger partial charge in [-0.1, -0.05) is 26.0 Å². The first-order valence-corrected chi connectivity index (χ1v) is 11.6. The molecule has 0 unspecified atom stereocenters. The molecule has 1 fully saturated rings. The van der Waals surface area contributed by atoms with Crippen molar-refractivity contribution in [2.24, 2.45) is 0 Å². The molecule has 2 amide bonds. The molecular weight excluding hydrogens is 418 g/mol. The van der Waals surface area contributed by atoms with Crippen molar-refractivity contribution in [3.05, 3.63) is 59.7 Å². The third kappa shape index (κ3) is 5.83. The van der Waals surface area contributed by atoms with E-state index in [1.165, 1.54) is 34.1 Å². The standard InChI is InChI=1S/C22H27N3O5S/c1-16(2)17-5-9-19(10-6-17)30-15-21(26)23-24-22(27)18-7-11-20(12-8-18)31(28,29)25-13-3-4-14-25/h5-12,16H,3-4,13-15H2,1-2H3,(H,23,26)(H,24,27). The van der Waals surface area contributed by atoms with Gasteiger partial charge in [-0.25, -0.2) is 8.42 Å². The van der Waals surface area contributed by atoms with Crippen LogP contribution in [0.15, 0.2) is 53.4 Å². The Labute approximate surface area is 182 Å². The maximum atomic E-state index is 12.5. The quantitative estimate of drug-likeness (QED) is 0.637. The molecule has 1 saturated heterocycles. The number of ether oxygens (including phenoxy) is 1. The Kier molecular flexibility index (Phi) is 7.29. The summed E-state index contributed by atoms with van der Waals surface area (Å²) >= 11 is 0. The van der Waals surface area contributed by atoms with Crippen LogP contribution in [0, 0.1) is 0 Å². The predicted molar refractivity (Wildman–Crippen MR) is 116 cm³/mol. The van der Waals surface area contributed by atoms with Gasteiger partial charge in [0.25, 0.3) is 11.8 Å². The van der Waals surface area contributed by atoms with Crippen LogP contribution in [0.4, 0.5) is 0 Å². The van der Waals surface area contributed by atoms with E-state index in [4.69, 9.17) is 4.74 Å². The second-order valence-corrected chi connectivity index (χ2v) is 9.59. The maximum absolute atomic E-state index is 12.5. The normalized spacial score (nSPS) is 14.4. The molecule has 0 spiro atoms. The van der Waals surface area contributed by atoms with Gasteiger partial charge in [0, 0.05) is 18.7 Å². The Morgan fingerprint density at radius 3 is 2.16 bits per heavy atom. The van der Waals surface area contributed by atoms with Gasteiger partial charge in [-0.15, -0.1) is 0 Å². The molecule has 166 valence electrons. The Bertz CT molecular complexity index is 1010. The van der Waals surface area contributed by atoms with Gasteiger partial charge in [0.2, 0.25) is 10.0 Å². The van der Waals surface area contributed by atoms with Crippen LogP contribution in [0.3, 0.4) is 0 Å². The van der Waals surface area contributed by atoms with Crippen molar-refractivity contribution >= 4 is 21.8 Å². The summed E-state index contributed by atoms with van der Waals surface area (Å²) in [6.45, 7) is 4.95. The number of amides is 2. The fraction of sp³-hybridized carbons (Fsp3) is 0.364. The Hall–Kier alpha value is -2.91. The number of hydrazine groups is 1. The Balaban J connectivity index is 1.48. The van der Waals surface area contributed by atoms with Crippen LogP contribution in [0.1, 0.15) is 48.5 Å². The number of carbonyl (C=O) groups is 2. The van der Waals surface area contributed by atoms with Gasteiger partial charge < -0.3 is 4.74 Å². The molecule has 0 radical (unpaired) electrons. The van der Waals surface area contributed by atoms with Crippen LogP contribution >= 0.6 is 0 Å². The molecule has 2 aromatic rings. The molecule has 3 rings (SSSR count). The van der Waals surface area contributed by atoms with Crippen molar-refractivity contribution in [2.45, 2.75) is 37.5 Å². The molecule has 2 aromatic carbocycles. The SMILES string of the molecule is CC(C)c1ccc(OCC(=O)NNC(=O)c2ccc(S(=O)(=O)N3CCCC3)cc2)cc1. The van der Waals surface area contributed by atoms with E-state index in [1.807, 2.05) is 12.1 Å². The molecule has 1 aliphatic heterocycles. The number of nitrogens with zero attached hydrogens (tertiary/aromatic N) is 1. The van der Waals surface area contributed by atoms with Gasteiger partial charge in [0.05, 0.1) is 4.90 Å². The van der Waals surface area contributed by atoms with Gasteiger partial charge in [-0.05, 0) is 60.7 Å². The van der Waals surface area contributed by atoms with Crippen molar-refractivity contribution in [3.63, 3.8) is 0 Å². The van der Waals surface area contributed by atoms with Gasteiger partial charge in [-0.3, -0.25) is 20.4 Å². The third-order valence-electron chi connectivity index (χ3n) is 5.05. The summed E-state index contributed by atoms with van der Waals surface area (Å²) in [6.07, 6.45) is 1.71. The topological polar surface area (TPSA) is 105 Å². The second kappa shape index (κ2) is 9.93. The zero-order chi connectivity index (χ0) is 22.4. The number of sulfonamides is 1. The average Bonchev–Trinajstić information content (AvgIpc) is 3.32. The molecule has 2 N–H and O–H groups in total. The highest BCUT2D eigenvalue weighted by molar-refractivity contribution is 7.89. The van der Waals surface area contributed by atoms with Gasteiger partial charge in [0.1, 0.15) is 5.75 Å². The minimum Gasteiger partial charge on any atom is -0.484 e. The van der Waals surface area contributed by atoms with Crippen molar-refractivity contribution < 1.29 is 22.7 Å². The van der Waals surface area contributed by atoms with E-state index < -0.39 is 21.8 Å². The molecule has 0 atom stereocenters. The lowest BCUT2D eigenvalue weighted by Gasteiger charge is -2.15. The van der Waals surface area contributed by atoms with Crippen molar-refractivity contribution in [2.75, 3.05) is 19.7 Å². The van der Waals surface area contributed by atoms with E-state index in [0.29, 0.717) is 24.8 Å². The molecule has 31 heavy (non-hydrogen) atoms. The number of carbonyl (C=O) groups excluding carboxylic acids is 2. The smallest absolute Gasteiger partial charge is 0.276 e. The van der Waals surface area contributed by atoms with Gasteiger partial charge in [-0.2, -0.15) is 4.31 Å². The number of rotatable bonds is 7. The first-order chi connectivity index (χ1) is 14.8. The second-order valence-electron chi connectivity index (χ2n) is 7.65. The van der Waals surface area contributed by atoms with E-state index in [1.54, 1.807) is 12.1 Å². The minimum absolute atomic E-state index is 0.145. The summed E-state index contributed by atoms with van der Waals surface area (Å²) in [4.78, 5) is 24.3. The van der Waals surface area contributed by atoms with Crippen molar-refractivity contribution in [1.82, 2.24) is 15.2 Å². The van der Waals surface area contributed by atoms with E-state index in [-0.39, 0.29) is 17.1 Å². The van der Waals surface area contributed by atoms with E-state index in [9.17, 15) is 18.0 Å². The molecule has 1 heterocycles. The lowest BCUT2D eigenvalue weighted by molar-refractivity contribution is -0.123. The molecule has 0 saturated carbocycles. The third-order valence-corrected chi connectivity index (χ3v) is 6.96. The van der Waals surface area contributed by atoms with Gasteiger partial charge in [0.15, 0.2) is 6.61 Å². The zero-order valence-corrected chi connectivity index (χ0v) is 18.4. The predicted octanol–water partition coefficient (Wildman–Crippen LogP) is 2.43. The summed E-state index contributed by atoms with van der Waals surface area (Å²) < 4.78 is 31.9. The van der Waals surface area contributed by atoms with Crippen LogP contribution in [0.2, 0.25) is 0 Å². The van der Waals surface area contributed by atoms with Crippen molar-refractivity contribution in [1.29, 1.82) is 0 Å². The van der Waals surface area contributed by atoms with E-state index in [0.717, 1.165) is 12.8 Å². The van der Waals surface area contributed by atoms with E-state index in [2.05, 4.69) is 24.7 Å². The largest absolute Gasteiger partial charge is 0.484 e. The highest BCUT2D eigenvalue weighted by Crippen LogP contribution is 2.21. The first-order valence-electron chi connectivity index (χ1n) is 10.2. The van der Waals surface area contributed by atoms with Gasteiger partial charge >= 0.3 is 0 Å². The Morgan fingerprint density at radius 1 is 0.968 bits per heavy atom. The molecule has 1 aliphatic rings. The summed E-state index contributed by atoms with van der Waals surface area (Å²) in [5.41, 5.74) is 5.97. The summed E-state index contributed by atoms with van der Waals surface area (Å²) in [6, 6.07) is 13.1. The van der Waals surface area contributed by atoms with Crippen LogP contribution in [-0.4, -0.2) is 44.2 Å². The molecule has 9 heteroatoms. The molecular formula is C22H27N3O5S. The highest BCUT2D eigenvalue weighted by atomic mass is 32.2. The summed E-state index contributed by atoms with van der Waals surface area (Å²) in [5, 5.41) is 0. The van der Waals surface area contributed by atoms with Crippen LogP contribution < -0.4 is 15.6 Å². The number of nitrogens with one attached hydrogen (secondary N) is 2. The number of hydrogen-bond acceptors (Lipinski definition) is 5. The van der Waals surface area contributed by atoms with Crippen LogP contribution in [-0.2, 0) is 14.8 Å². The Morgan fingerprint density at radius 2 is 1.58 bits per heavy atom. The maximum Gasteiger partial charge on any atom is 0.276 e. The molecule has 0 aliphatic carbocycles. The average molecular weight is 446 g/mol. The lowest BCUT2D eigenvalue weighted by atomic mass is 10.0. The summed E-state index contributed by atoms with van der Waals surface area (Å²) in [7, 11) is -3.53. The van der Waals surface area contributed by atoms with Crippen LogP contribution in [0.25, 0.3) is 0 Å². The first kappa shape index (κ1) is 22.8.